The van der Waals surface area contributed by atoms with Gasteiger partial charge < -0.3 is 10.4 Å². The van der Waals surface area contributed by atoms with E-state index in [1.165, 1.54) is 0 Å². The van der Waals surface area contributed by atoms with E-state index in [0.29, 0.717) is 6.54 Å². The van der Waals surface area contributed by atoms with Crippen LogP contribution < -0.4 is 16.0 Å². The van der Waals surface area contributed by atoms with Crippen molar-refractivity contribution in [3.8, 4) is 0 Å². The zero-order valence-corrected chi connectivity index (χ0v) is 10.4. The summed E-state index contributed by atoms with van der Waals surface area (Å²) in [7, 11) is 0. The number of carbonyl (C=O) groups is 3. The Morgan fingerprint density at radius 2 is 2.00 bits per heavy atom. The number of hydrogen-bond acceptors (Lipinski definition) is 4. The average molecular weight is 257 g/mol. The quantitative estimate of drug-likeness (QED) is 0.500. The molecule has 1 atom stereocenters. The van der Waals surface area contributed by atoms with Crippen LogP contribution in [-0.2, 0) is 9.59 Å². The molecule has 0 aliphatic heterocycles. The molecule has 1 fully saturated rings. The molecule has 1 unspecified atom stereocenters. The van der Waals surface area contributed by atoms with Gasteiger partial charge in [-0.3, -0.25) is 20.2 Å². The Hall–Kier alpha value is -1.63. The van der Waals surface area contributed by atoms with Crippen LogP contribution in [0.25, 0.3) is 0 Å². The van der Waals surface area contributed by atoms with E-state index in [1.807, 2.05) is 6.92 Å². The summed E-state index contributed by atoms with van der Waals surface area (Å²) in [5.41, 5.74) is 0. The predicted octanol–water partition coefficient (Wildman–Crippen LogP) is -0.325. The lowest BCUT2D eigenvalue weighted by atomic mass is 10.2. The van der Waals surface area contributed by atoms with Crippen molar-refractivity contribution in [2.75, 3.05) is 13.1 Å². The van der Waals surface area contributed by atoms with E-state index in [9.17, 15) is 14.4 Å². The van der Waals surface area contributed by atoms with Gasteiger partial charge in [0, 0.05) is 6.54 Å². The third kappa shape index (κ3) is 5.13. The molecule has 0 aromatic rings. The van der Waals surface area contributed by atoms with Gasteiger partial charge in [-0.15, -0.1) is 0 Å². The lowest BCUT2D eigenvalue weighted by molar-refractivity contribution is -0.140. The smallest absolute Gasteiger partial charge is 0.321 e. The molecule has 0 aromatic carbocycles. The third-order valence-electron chi connectivity index (χ3n) is 2.63. The second-order valence-corrected chi connectivity index (χ2v) is 4.34. The fraction of sp³-hybridized carbons (Fsp3) is 0.727. The number of amides is 3. The van der Waals surface area contributed by atoms with Gasteiger partial charge in [0.15, 0.2) is 0 Å². The van der Waals surface area contributed by atoms with Crippen LogP contribution in [0.2, 0.25) is 0 Å². The Balaban J connectivity index is 2.23. The molecule has 1 rings (SSSR count). The number of carboxylic acid groups (broad SMARTS) is 1. The zero-order chi connectivity index (χ0) is 13.5. The molecule has 0 saturated heterocycles. The highest BCUT2D eigenvalue weighted by Gasteiger charge is 2.36. The summed E-state index contributed by atoms with van der Waals surface area (Å²) >= 11 is 0. The molecular formula is C11H19N3O4. The van der Waals surface area contributed by atoms with E-state index in [0.717, 1.165) is 19.3 Å². The van der Waals surface area contributed by atoms with Crippen LogP contribution in [0.4, 0.5) is 4.79 Å². The fourth-order valence-electron chi connectivity index (χ4n) is 1.54. The van der Waals surface area contributed by atoms with Crippen molar-refractivity contribution < 1.29 is 19.5 Å². The number of imide groups is 1. The lowest BCUT2D eigenvalue weighted by Crippen LogP contribution is -2.47. The van der Waals surface area contributed by atoms with E-state index >= 15 is 0 Å². The minimum Gasteiger partial charge on any atom is -0.480 e. The summed E-state index contributed by atoms with van der Waals surface area (Å²) in [6.45, 7) is 2.22. The molecule has 0 aromatic heterocycles. The van der Waals surface area contributed by atoms with Gasteiger partial charge in [0.05, 0.1) is 6.54 Å². The van der Waals surface area contributed by atoms with Crippen molar-refractivity contribution in [2.24, 2.45) is 5.92 Å². The molecule has 4 N–H and O–H groups in total. The number of carbonyl (C=O) groups excluding carboxylic acids is 2. The highest BCUT2D eigenvalue weighted by atomic mass is 16.4. The second-order valence-electron chi connectivity index (χ2n) is 4.34. The summed E-state index contributed by atoms with van der Waals surface area (Å²) in [6.07, 6.45) is 2.51. The Morgan fingerprint density at radius 3 is 2.50 bits per heavy atom. The molecule has 3 amide bonds. The van der Waals surface area contributed by atoms with Crippen LogP contribution in [0.1, 0.15) is 26.2 Å². The molecule has 1 saturated carbocycles. The van der Waals surface area contributed by atoms with Crippen molar-refractivity contribution in [2.45, 2.75) is 32.2 Å². The van der Waals surface area contributed by atoms with Gasteiger partial charge >= 0.3 is 12.0 Å². The first-order valence-electron chi connectivity index (χ1n) is 6.08. The first-order valence-corrected chi connectivity index (χ1v) is 6.08. The normalized spacial score (nSPS) is 15.8. The summed E-state index contributed by atoms with van der Waals surface area (Å²) in [6, 6.07) is -1.25. The molecule has 0 bridgehead atoms. The number of rotatable bonds is 7. The summed E-state index contributed by atoms with van der Waals surface area (Å²) in [5, 5.41) is 16.2. The number of nitrogens with one attached hydrogen (secondary N) is 3. The van der Waals surface area contributed by atoms with Crippen molar-refractivity contribution in [3.63, 3.8) is 0 Å². The molecule has 102 valence electrons. The Labute approximate surface area is 105 Å². The van der Waals surface area contributed by atoms with Gasteiger partial charge in [0.2, 0.25) is 5.91 Å². The maximum atomic E-state index is 11.4. The molecule has 1 aliphatic carbocycles. The van der Waals surface area contributed by atoms with Crippen LogP contribution in [0.5, 0.6) is 0 Å². The summed E-state index contributed by atoms with van der Waals surface area (Å²) in [5.74, 6) is -1.39. The zero-order valence-electron chi connectivity index (χ0n) is 10.4. The number of carboxylic acids is 1. The van der Waals surface area contributed by atoms with E-state index in [4.69, 9.17) is 5.11 Å². The number of hydrogen-bond donors (Lipinski definition) is 4. The first kappa shape index (κ1) is 14.4. The number of urea groups is 1. The molecule has 7 heteroatoms. The lowest BCUT2D eigenvalue weighted by Gasteiger charge is -2.13. The van der Waals surface area contributed by atoms with E-state index < -0.39 is 23.9 Å². The van der Waals surface area contributed by atoms with Crippen LogP contribution in [-0.4, -0.2) is 42.1 Å². The van der Waals surface area contributed by atoms with Gasteiger partial charge in [-0.25, -0.2) is 4.79 Å². The standard InChI is InChI=1S/C11H19N3O4/c1-2-5-12-11(18)14-8(15)6-13-9(10(16)17)7-3-4-7/h7,9,13H,2-6H2,1H3,(H,16,17)(H2,12,14,15,18). The van der Waals surface area contributed by atoms with Crippen molar-refractivity contribution in [1.29, 1.82) is 0 Å². The van der Waals surface area contributed by atoms with Gasteiger partial charge in [0.1, 0.15) is 6.04 Å². The number of aliphatic carboxylic acids is 1. The highest BCUT2D eigenvalue weighted by Crippen LogP contribution is 2.32. The summed E-state index contributed by atoms with van der Waals surface area (Å²) < 4.78 is 0. The molecule has 7 nitrogen and oxygen atoms in total. The Bertz CT molecular complexity index is 328. The maximum absolute atomic E-state index is 11.4. The van der Waals surface area contributed by atoms with Gasteiger partial charge in [-0.05, 0) is 25.2 Å². The first-order chi connectivity index (χ1) is 8.54. The molecule has 0 radical (unpaired) electrons. The highest BCUT2D eigenvalue weighted by molar-refractivity contribution is 5.95. The predicted molar refractivity (Wildman–Crippen MR) is 64.0 cm³/mol. The topological polar surface area (TPSA) is 108 Å². The third-order valence-corrected chi connectivity index (χ3v) is 2.63. The largest absolute Gasteiger partial charge is 0.480 e. The van der Waals surface area contributed by atoms with Crippen LogP contribution in [0, 0.1) is 5.92 Å². The monoisotopic (exact) mass is 257 g/mol. The van der Waals surface area contributed by atoms with Crippen molar-refractivity contribution >= 4 is 17.9 Å². The molecule has 1 aliphatic rings. The molecule has 0 heterocycles. The van der Waals surface area contributed by atoms with Gasteiger partial charge in [0.25, 0.3) is 0 Å². The fourth-order valence-corrected chi connectivity index (χ4v) is 1.54. The maximum Gasteiger partial charge on any atom is 0.321 e. The average Bonchev–Trinajstić information content (AvgIpc) is 3.10. The summed E-state index contributed by atoms with van der Waals surface area (Å²) in [4.78, 5) is 33.4. The molecular weight excluding hydrogens is 238 g/mol. The van der Waals surface area contributed by atoms with Gasteiger partial charge in [-0.2, -0.15) is 0 Å². The van der Waals surface area contributed by atoms with Crippen LogP contribution >= 0.6 is 0 Å². The van der Waals surface area contributed by atoms with Crippen LogP contribution in [0.3, 0.4) is 0 Å². The van der Waals surface area contributed by atoms with Gasteiger partial charge in [-0.1, -0.05) is 6.92 Å². The molecule has 0 spiro atoms. The van der Waals surface area contributed by atoms with Crippen molar-refractivity contribution in [3.05, 3.63) is 0 Å². The van der Waals surface area contributed by atoms with Crippen LogP contribution in [0.15, 0.2) is 0 Å². The minimum atomic E-state index is -0.958. The van der Waals surface area contributed by atoms with Crippen molar-refractivity contribution in [1.82, 2.24) is 16.0 Å². The van der Waals surface area contributed by atoms with E-state index in [1.54, 1.807) is 0 Å². The molecule has 18 heavy (non-hydrogen) atoms. The SMILES string of the molecule is CCCNC(=O)NC(=O)CNC(C(=O)O)C1CC1. The second kappa shape index (κ2) is 6.95. The minimum absolute atomic E-state index is 0.101. The Kier molecular flexibility index (Phi) is 5.57. The Morgan fingerprint density at radius 1 is 1.33 bits per heavy atom. The van der Waals surface area contributed by atoms with E-state index in [2.05, 4.69) is 16.0 Å². The van der Waals surface area contributed by atoms with E-state index in [-0.39, 0.29) is 12.5 Å².